The van der Waals surface area contributed by atoms with Gasteiger partial charge in [0.25, 0.3) is 0 Å². The Labute approximate surface area is 119 Å². The predicted octanol–water partition coefficient (Wildman–Crippen LogP) is 1.52. The summed E-state index contributed by atoms with van der Waals surface area (Å²) >= 11 is 0. The molecule has 1 aromatic rings. The number of carbonyl (C=O) groups excluding carboxylic acids is 2. The van der Waals surface area contributed by atoms with Crippen LogP contribution in [0.4, 0.5) is 5.69 Å². The van der Waals surface area contributed by atoms with E-state index in [1.165, 1.54) is 0 Å². The minimum absolute atomic E-state index is 0.292. The maximum absolute atomic E-state index is 12.4. The van der Waals surface area contributed by atoms with Gasteiger partial charge in [-0.3, -0.25) is 9.59 Å². The molecule has 1 rings (SSSR count). The highest BCUT2D eigenvalue weighted by Gasteiger charge is 2.33. The van der Waals surface area contributed by atoms with Gasteiger partial charge in [-0.1, -0.05) is 25.1 Å². The molecule has 0 aliphatic heterocycles. The third kappa shape index (κ3) is 3.57. The van der Waals surface area contributed by atoms with Crippen molar-refractivity contribution in [1.82, 2.24) is 5.32 Å². The third-order valence-corrected chi connectivity index (χ3v) is 3.49. The van der Waals surface area contributed by atoms with Gasteiger partial charge in [-0.05, 0) is 38.3 Å². The molecular formula is C15H22N2O3. The SMILES string of the molecule is CCC(C)(NC(=O)CO)C(=O)Nc1c(C)cccc1C. The topological polar surface area (TPSA) is 78.4 Å². The zero-order chi connectivity index (χ0) is 15.3. The molecule has 1 unspecified atom stereocenters. The molecule has 110 valence electrons. The molecule has 0 radical (unpaired) electrons. The molecule has 0 spiro atoms. The van der Waals surface area contributed by atoms with Crippen molar-refractivity contribution in [1.29, 1.82) is 0 Å². The van der Waals surface area contributed by atoms with Gasteiger partial charge in [0, 0.05) is 5.69 Å². The van der Waals surface area contributed by atoms with Crippen LogP contribution in [0.2, 0.25) is 0 Å². The van der Waals surface area contributed by atoms with Crippen molar-refractivity contribution in [3.8, 4) is 0 Å². The molecule has 0 aromatic heterocycles. The second-order valence-corrected chi connectivity index (χ2v) is 5.11. The first-order valence-corrected chi connectivity index (χ1v) is 6.63. The Morgan fingerprint density at radius 1 is 1.25 bits per heavy atom. The lowest BCUT2D eigenvalue weighted by Crippen LogP contribution is -2.55. The highest BCUT2D eigenvalue weighted by molar-refractivity contribution is 6.01. The lowest BCUT2D eigenvalue weighted by molar-refractivity contribution is -0.131. The van der Waals surface area contributed by atoms with Gasteiger partial charge in [0.2, 0.25) is 11.8 Å². The average Bonchev–Trinajstić information content (AvgIpc) is 2.42. The smallest absolute Gasteiger partial charge is 0.249 e. The summed E-state index contributed by atoms with van der Waals surface area (Å²) in [6.45, 7) is 6.65. The van der Waals surface area contributed by atoms with Crippen molar-refractivity contribution in [2.24, 2.45) is 0 Å². The monoisotopic (exact) mass is 278 g/mol. The van der Waals surface area contributed by atoms with E-state index in [-0.39, 0.29) is 5.91 Å². The summed E-state index contributed by atoms with van der Waals surface area (Å²) < 4.78 is 0. The number of aryl methyl sites for hydroxylation is 2. The van der Waals surface area contributed by atoms with E-state index < -0.39 is 18.1 Å². The summed E-state index contributed by atoms with van der Waals surface area (Å²) in [7, 11) is 0. The van der Waals surface area contributed by atoms with Gasteiger partial charge in [0.1, 0.15) is 12.1 Å². The maximum atomic E-state index is 12.4. The van der Waals surface area contributed by atoms with E-state index >= 15 is 0 Å². The average molecular weight is 278 g/mol. The number of hydrogen-bond acceptors (Lipinski definition) is 3. The number of aliphatic hydroxyl groups is 1. The van der Waals surface area contributed by atoms with Crippen LogP contribution in [-0.2, 0) is 9.59 Å². The molecule has 1 aromatic carbocycles. The maximum Gasteiger partial charge on any atom is 0.249 e. The summed E-state index contributed by atoms with van der Waals surface area (Å²) in [5.74, 6) is -0.856. The normalized spacial score (nSPS) is 13.4. The first-order chi connectivity index (χ1) is 9.34. The Hall–Kier alpha value is -1.88. The number of para-hydroxylation sites is 1. The molecule has 0 aliphatic rings. The summed E-state index contributed by atoms with van der Waals surface area (Å²) in [5, 5.41) is 14.2. The van der Waals surface area contributed by atoms with E-state index in [2.05, 4.69) is 10.6 Å². The van der Waals surface area contributed by atoms with Crippen molar-refractivity contribution < 1.29 is 14.7 Å². The first-order valence-electron chi connectivity index (χ1n) is 6.63. The fourth-order valence-electron chi connectivity index (χ4n) is 1.92. The van der Waals surface area contributed by atoms with Gasteiger partial charge >= 0.3 is 0 Å². The number of carbonyl (C=O) groups is 2. The van der Waals surface area contributed by atoms with Crippen LogP contribution in [0.1, 0.15) is 31.4 Å². The summed E-state index contributed by atoms with van der Waals surface area (Å²) in [4.78, 5) is 23.7. The van der Waals surface area contributed by atoms with Crippen LogP contribution in [0.5, 0.6) is 0 Å². The molecule has 1 atom stereocenters. The minimum atomic E-state index is -1.05. The first kappa shape index (κ1) is 16.2. The molecule has 5 heteroatoms. The van der Waals surface area contributed by atoms with Crippen molar-refractivity contribution in [3.63, 3.8) is 0 Å². The summed E-state index contributed by atoms with van der Waals surface area (Å²) in [5.41, 5.74) is 1.64. The van der Waals surface area contributed by atoms with E-state index in [1.54, 1.807) is 6.92 Å². The van der Waals surface area contributed by atoms with Crippen LogP contribution < -0.4 is 10.6 Å². The second kappa shape index (κ2) is 6.52. The van der Waals surface area contributed by atoms with Gasteiger partial charge < -0.3 is 15.7 Å². The largest absolute Gasteiger partial charge is 0.387 e. The lowest BCUT2D eigenvalue weighted by atomic mass is 9.96. The van der Waals surface area contributed by atoms with Crippen LogP contribution in [0.15, 0.2) is 18.2 Å². The Bertz CT molecular complexity index is 494. The highest BCUT2D eigenvalue weighted by atomic mass is 16.3. The molecule has 20 heavy (non-hydrogen) atoms. The van der Waals surface area contributed by atoms with Gasteiger partial charge in [0.15, 0.2) is 0 Å². The molecule has 0 saturated heterocycles. The zero-order valence-corrected chi connectivity index (χ0v) is 12.4. The molecule has 5 nitrogen and oxygen atoms in total. The fourth-order valence-corrected chi connectivity index (χ4v) is 1.92. The Balaban J connectivity index is 2.95. The molecule has 3 N–H and O–H groups in total. The lowest BCUT2D eigenvalue weighted by Gasteiger charge is -2.28. The number of amides is 2. The summed E-state index contributed by atoms with van der Waals surface area (Å²) in [6, 6.07) is 5.75. The van der Waals surface area contributed by atoms with E-state index in [9.17, 15) is 9.59 Å². The molecule has 0 heterocycles. The van der Waals surface area contributed by atoms with Crippen LogP contribution in [0.3, 0.4) is 0 Å². The number of hydrogen-bond donors (Lipinski definition) is 3. The van der Waals surface area contributed by atoms with Crippen molar-refractivity contribution >= 4 is 17.5 Å². The van der Waals surface area contributed by atoms with Crippen molar-refractivity contribution in [3.05, 3.63) is 29.3 Å². The van der Waals surface area contributed by atoms with Crippen LogP contribution in [0.25, 0.3) is 0 Å². The van der Waals surface area contributed by atoms with Crippen molar-refractivity contribution in [2.75, 3.05) is 11.9 Å². The van der Waals surface area contributed by atoms with Gasteiger partial charge in [-0.25, -0.2) is 0 Å². The Morgan fingerprint density at radius 2 is 1.80 bits per heavy atom. The van der Waals surface area contributed by atoms with E-state index in [0.29, 0.717) is 6.42 Å². The van der Waals surface area contributed by atoms with Crippen LogP contribution in [0, 0.1) is 13.8 Å². The van der Waals surface area contributed by atoms with E-state index in [1.807, 2.05) is 39.0 Å². The quantitative estimate of drug-likeness (QED) is 0.764. The summed E-state index contributed by atoms with van der Waals surface area (Å²) in [6.07, 6.45) is 0.426. The van der Waals surface area contributed by atoms with E-state index in [4.69, 9.17) is 5.11 Å². The molecular weight excluding hydrogens is 256 g/mol. The molecule has 0 saturated carbocycles. The predicted molar refractivity (Wildman–Crippen MR) is 78.5 cm³/mol. The minimum Gasteiger partial charge on any atom is -0.387 e. The Morgan fingerprint density at radius 3 is 2.25 bits per heavy atom. The van der Waals surface area contributed by atoms with Gasteiger partial charge in [-0.2, -0.15) is 0 Å². The molecule has 2 amide bonds. The van der Waals surface area contributed by atoms with Crippen LogP contribution in [-0.4, -0.2) is 29.1 Å². The van der Waals surface area contributed by atoms with Gasteiger partial charge in [0.05, 0.1) is 0 Å². The second-order valence-electron chi connectivity index (χ2n) is 5.11. The zero-order valence-electron chi connectivity index (χ0n) is 12.4. The standard InChI is InChI=1S/C15H22N2O3/c1-5-15(4,17-12(19)9-18)14(20)16-13-10(2)7-6-8-11(13)3/h6-8,18H,5,9H2,1-4H3,(H,16,20)(H,17,19). The molecule has 0 bridgehead atoms. The number of benzene rings is 1. The fraction of sp³-hybridized carbons (Fsp3) is 0.467. The van der Waals surface area contributed by atoms with Crippen molar-refractivity contribution in [2.45, 2.75) is 39.7 Å². The number of rotatable bonds is 5. The van der Waals surface area contributed by atoms with Gasteiger partial charge in [-0.15, -0.1) is 0 Å². The van der Waals surface area contributed by atoms with E-state index in [0.717, 1.165) is 16.8 Å². The number of anilines is 1. The third-order valence-electron chi connectivity index (χ3n) is 3.49. The highest BCUT2D eigenvalue weighted by Crippen LogP contribution is 2.21. The molecule has 0 fully saturated rings. The molecule has 0 aliphatic carbocycles. The van der Waals surface area contributed by atoms with Crippen LogP contribution >= 0.6 is 0 Å². The number of aliphatic hydroxyl groups excluding tert-OH is 1. The number of nitrogens with one attached hydrogen (secondary N) is 2. The Kier molecular flexibility index (Phi) is 5.27.